The maximum absolute atomic E-state index is 13.1. The third-order valence-electron chi connectivity index (χ3n) is 5.33. The summed E-state index contributed by atoms with van der Waals surface area (Å²) in [4.78, 5) is 39.9. The number of para-hydroxylation sites is 1. The summed E-state index contributed by atoms with van der Waals surface area (Å²) in [7, 11) is 0. The molecule has 7 heteroatoms. The fourth-order valence-electron chi connectivity index (χ4n) is 3.20. The number of nitrogens with one attached hydrogen (secondary N) is 2. The Kier molecular flexibility index (Phi) is 6.06. The van der Waals surface area contributed by atoms with E-state index in [2.05, 4.69) is 10.6 Å². The third-order valence-corrected chi connectivity index (χ3v) is 5.33. The van der Waals surface area contributed by atoms with Crippen molar-refractivity contribution in [1.29, 1.82) is 0 Å². The molecule has 31 heavy (non-hydrogen) atoms. The molecule has 0 saturated heterocycles. The van der Waals surface area contributed by atoms with Crippen LogP contribution in [0.5, 0.6) is 5.75 Å². The van der Waals surface area contributed by atoms with Gasteiger partial charge < -0.3 is 15.4 Å². The molecule has 0 spiro atoms. The molecule has 2 aromatic carbocycles. The minimum atomic E-state index is -1.13. The normalized spacial score (nSPS) is 15.0. The second-order valence-corrected chi connectivity index (χ2v) is 8.79. The van der Waals surface area contributed by atoms with E-state index in [1.807, 2.05) is 39.0 Å². The van der Waals surface area contributed by atoms with Gasteiger partial charge in [-0.1, -0.05) is 25.1 Å². The van der Waals surface area contributed by atoms with Gasteiger partial charge >= 0.3 is 0 Å². The summed E-state index contributed by atoms with van der Waals surface area (Å²) in [6.07, 6.45) is 0.769. The highest BCUT2D eigenvalue weighted by molar-refractivity contribution is 6.08. The van der Waals surface area contributed by atoms with E-state index in [1.54, 1.807) is 44.2 Å². The predicted octanol–water partition coefficient (Wildman–Crippen LogP) is 3.75. The monoisotopic (exact) mass is 423 g/mol. The summed E-state index contributed by atoms with van der Waals surface area (Å²) in [5.74, 6) is -0.496. The number of hydrogen-bond donors (Lipinski definition) is 2. The summed E-state index contributed by atoms with van der Waals surface area (Å²) in [5, 5.41) is 5.77. The molecule has 0 fully saturated rings. The van der Waals surface area contributed by atoms with Crippen molar-refractivity contribution in [3.63, 3.8) is 0 Å². The Morgan fingerprint density at radius 2 is 1.77 bits per heavy atom. The number of fused-ring (bicyclic) bond motifs is 1. The van der Waals surface area contributed by atoms with Crippen LogP contribution in [0.1, 0.15) is 51.4 Å². The van der Waals surface area contributed by atoms with Crippen LogP contribution in [0.15, 0.2) is 48.5 Å². The first-order valence-electron chi connectivity index (χ1n) is 10.3. The van der Waals surface area contributed by atoms with E-state index >= 15 is 0 Å². The standard InChI is InChI=1S/C24H29N3O4/c1-6-23(2,3)26-21(29)16-12-13-19-18(14-16)27(22(30)24(4,5)31-19)15-20(28)25-17-10-8-7-9-11-17/h7-14H,6,15H2,1-5H3,(H,25,28)(H,26,29). The van der Waals surface area contributed by atoms with E-state index in [-0.39, 0.29) is 29.8 Å². The zero-order chi connectivity index (χ0) is 22.8. The lowest BCUT2D eigenvalue weighted by atomic mass is 10.00. The van der Waals surface area contributed by atoms with Gasteiger partial charge in [-0.05, 0) is 64.4 Å². The number of rotatable bonds is 6. The molecule has 3 amide bonds. The highest BCUT2D eigenvalue weighted by Crippen LogP contribution is 2.38. The number of anilines is 2. The summed E-state index contributed by atoms with van der Waals surface area (Å²) < 4.78 is 5.86. The van der Waals surface area contributed by atoms with Crippen LogP contribution in [-0.4, -0.2) is 35.4 Å². The van der Waals surface area contributed by atoms with Crippen LogP contribution in [0, 0.1) is 0 Å². The van der Waals surface area contributed by atoms with Crippen molar-refractivity contribution in [3.05, 3.63) is 54.1 Å². The minimum absolute atomic E-state index is 0.195. The van der Waals surface area contributed by atoms with Crippen LogP contribution in [0.4, 0.5) is 11.4 Å². The molecule has 1 heterocycles. The summed E-state index contributed by atoms with van der Waals surface area (Å²) >= 11 is 0. The molecule has 164 valence electrons. The molecule has 1 aliphatic rings. The first-order chi connectivity index (χ1) is 14.5. The second-order valence-electron chi connectivity index (χ2n) is 8.79. The van der Waals surface area contributed by atoms with Gasteiger partial charge in [0.1, 0.15) is 12.3 Å². The van der Waals surface area contributed by atoms with E-state index in [1.165, 1.54) is 4.90 Å². The lowest BCUT2D eigenvalue weighted by Gasteiger charge is -2.38. The van der Waals surface area contributed by atoms with Crippen LogP contribution in [-0.2, 0) is 9.59 Å². The zero-order valence-corrected chi connectivity index (χ0v) is 18.6. The molecular formula is C24H29N3O4. The minimum Gasteiger partial charge on any atom is -0.476 e. The van der Waals surface area contributed by atoms with E-state index in [0.717, 1.165) is 6.42 Å². The van der Waals surface area contributed by atoms with Crippen molar-refractivity contribution in [2.24, 2.45) is 0 Å². The maximum atomic E-state index is 13.1. The van der Waals surface area contributed by atoms with Gasteiger partial charge in [-0.15, -0.1) is 0 Å². The van der Waals surface area contributed by atoms with Crippen molar-refractivity contribution in [3.8, 4) is 5.75 Å². The van der Waals surface area contributed by atoms with Gasteiger partial charge in [-0.25, -0.2) is 0 Å². The van der Waals surface area contributed by atoms with Crippen LogP contribution < -0.4 is 20.3 Å². The SMILES string of the molecule is CCC(C)(C)NC(=O)c1ccc2c(c1)N(CC(=O)Nc1ccccc1)C(=O)C(C)(C)O2. The Hall–Kier alpha value is -3.35. The quantitative estimate of drug-likeness (QED) is 0.741. The Balaban J connectivity index is 1.90. The van der Waals surface area contributed by atoms with Crippen LogP contribution >= 0.6 is 0 Å². The fraction of sp³-hybridized carbons (Fsp3) is 0.375. The van der Waals surface area contributed by atoms with Crippen LogP contribution in [0.3, 0.4) is 0 Å². The van der Waals surface area contributed by atoms with Crippen molar-refractivity contribution in [1.82, 2.24) is 5.32 Å². The van der Waals surface area contributed by atoms with Crippen LogP contribution in [0.2, 0.25) is 0 Å². The van der Waals surface area contributed by atoms with Gasteiger partial charge in [0, 0.05) is 16.8 Å². The van der Waals surface area contributed by atoms with Gasteiger partial charge in [0.2, 0.25) is 5.91 Å². The first-order valence-corrected chi connectivity index (χ1v) is 10.3. The van der Waals surface area contributed by atoms with E-state index in [4.69, 9.17) is 4.74 Å². The number of hydrogen-bond acceptors (Lipinski definition) is 4. The average molecular weight is 424 g/mol. The molecule has 0 saturated carbocycles. The molecule has 0 aliphatic carbocycles. The van der Waals surface area contributed by atoms with Gasteiger partial charge in [-0.3, -0.25) is 19.3 Å². The Labute approximate surface area is 182 Å². The van der Waals surface area contributed by atoms with Gasteiger partial charge in [0.05, 0.1) is 5.69 Å². The molecule has 0 aromatic heterocycles. The number of amides is 3. The number of carbonyl (C=O) groups excluding carboxylic acids is 3. The topological polar surface area (TPSA) is 87.7 Å². The predicted molar refractivity (Wildman–Crippen MR) is 120 cm³/mol. The number of ether oxygens (including phenoxy) is 1. The molecular weight excluding hydrogens is 394 g/mol. The molecule has 7 nitrogen and oxygen atoms in total. The summed E-state index contributed by atoms with van der Waals surface area (Å²) in [5.41, 5.74) is -0.0631. The number of nitrogens with zero attached hydrogens (tertiary/aromatic N) is 1. The fourth-order valence-corrected chi connectivity index (χ4v) is 3.20. The lowest BCUT2D eigenvalue weighted by Crippen LogP contribution is -2.54. The van der Waals surface area contributed by atoms with Crippen molar-refractivity contribution < 1.29 is 19.1 Å². The molecule has 0 unspecified atom stereocenters. The molecule has 1 aliphatic heterocycles. The van der Waals surface area contributed by atoms with Crippen LogP contribution in [0.25, 0.3) is 0 Å². The van der Waals surface area contributed by atoms with Crippen molar-refractivity contribution in [2.75, 3.05) is 16.8 Å². The molecule has 0 atom stereocenters. The molecule has 3 rings (SSSR count). The number of carbonyl (C=O) groups is 3. The van der Waals surface area contributed by atoms with Gasteiger partial charge in [-0.2, -0.15) is 0 Å². The Morgan fingerprint density at radius 3 is 2.42 bits per heavy atom. The maximum Gasteiger partial charge on any atom is 0.271 e. The van der Waals surface area contributed by atoms with Gasteiger partial charge in [0.25, 0.3) is 11.8 Å². The molecule has 2 aromatic rings. The van der Waals surface area contributed by atoms with E-state index < -0.39 is 5.60 Å². The lowest BCUT2D eigenvalue weighted by molar-refractivity contribution is -0.133. The molecule has 0 bridgehead atoms. The third kappa shape index (κ3) is 5.05. The van der Waals surface area contributed by atoms with Gasteiger partial charge in [0.15, 0.2) is 5.60 Å². The van der Waals surface area contributed by atoms with E-state index in [9.17, 15) is 14.4 Å². The smallest absolute Gasteiger partial charge is 0.271 e. The first kappa shape index (κ1) is 22.3. The Bertz CT molecular complexity index is 999. The van der Waals surface area contributed by atoms with Crippen molar-refractivity contribution >= 4 is 29.1 Å². The molecule has 2 N–H and O–H groups in total. The van der Waals surface area contributed by atoms with E-state index in [0.29, 0.717) is 22.7 Å². The average Bonchev–Trinajstić information content (AvgIpc) is 2.71. The van der Waals surface area contributed by atoms with Crippen molar-refractivity contribution in [2.45, 2.75) is 52.2 Å². The largest absolute Gasteiger partial charge is 0.476 e. The Morgan fingerprint density at radius 1 is 1.10 bits per heavy atom. The highest BCUT2D eigenvalue weighted by Gasteiger charge is 2.42. The summed E-state index contributed by atoms with van der Waals surface area (Å²) in [6.45, 7) is 9.00. The zero-order valence-electron chi connectivity index (χ0n) is 18.6. The highest BCUT2D eigenvalue weighted by atomic mass is 16.5. The summed E-state index contributed by atoms with van der Waals surface area (Å²) in [6, 6.07) is 14.0. The number of benzene rings is 2. The molecule has 0 radical (unpaired) electrons. The second kappa shape index (κ2) is 8.41.